The number of piperazine rings is 1. The molecule has 0 aliphatic carbocycles. The second kappa shape index (κ2) is 8.06. The summed E-state index contributed by atoms with van der Waals surface area (Å²) in [7, 11) is -3.61. The molecule has 2 aromatic rings. The molecule has 6 nitrogen and oxygen atoms in total. The summed E-state index contributed by atoms with van der Waals surface area (Å²) >= 11 is 0. The van der Waals surface area contributed by atoms with Crippen LogP contribution in [0.2, 0.25) is 0 Å². The lowest BCUT2D eigenvalue weighted by Gasteiger charge is -2.34. The Labute approximate surface area is 164 Å². The predicted octanol–water partition coefficient (Wildman–Crippen LogP) is 2.49. The zero-order valence-corrected chi connectivity index (χ0v) is 16.3. The van der Waals surface area contributed by atoms with Gasteiger partial charge in [0.25, 0.3) is 0 Å². The van der Waals surface area contributed by atoms with Gasteiger partial charge in [-0.25, -0.2) is 12.8 Å². The van der Waals surface area contributed by atoms with E-state index in [0.717, 1.165) is 6.42 Å². The third kappa shape index (κ3) is 3.99. The molecular weight excluding hydrogens is 383 g/mol. The van der Waals surface area contributed by atoms with Crippen molar-refractivity contribution in [2.75, 3.05) is 39.4 Å². The van der Waals surface area contributed by atoms with E-state index >= 15 is 0 Å². The van der Waals surface area contributed by atoms with Crippen molar-refractivity contribution in [2.45, 2.75) is 17.9 Å². The summed E-state index contributed by atoms with van der Waals surface area (Å²) in [5.74, 6) is 0.813. The molecule has 150 valence electrons. The van der Waals surface area contributed by atoms with E-state index in [0.29, 0.717) is 63.0 Å². The smallest absolute Gasteiger partial charge is 0.243 e. The molecule has 0 spiro atoms. The van der Waals surface area contributed by atoms with Crippen LogP contribution in [0.5, 0.6) is 11.5 Å². The van der Waals surface area contributed by atoms with E-state index in [1.54, 1.807) is 30.3 Å². The standard InChI is InChI=1S/C20H23FN2O4S/c21-18-5-2-1-4-16(18)15-22-8-10-23(11-9-22)28(24,25)17-6-7-19-20(14-17)27-13-3-12-26-19/h1-2,4-7,14H,3,8-13,15H2. The fraction of sp³-hybridized carbons (Fsp3) is 0.400. The molecule has 0 aromatic heterocycles. The Balaban J connectivity index is 1.44. The maximum atomic E-state index is 13.8. The van der Waals surface area contributed by atoms with E-state index in [1.165, 1.54) is 10.4 Å². The van der Waals surface area contributed by atoms with Crippen molar-refractivity contribution in [3.8, 4) is 11.5 Å². The van der Waals surface area contributed by atoms with Gasteiger partial charge in [0.05, 0.1) is 18.1 Å². The maximum Gasteiger partial charge on any atom is 0.243 e. The van der Waals surface area contributed by atoms with Crippen molar-refractivity contribution in [3.63, 3.8) is 0 Å². The summed E-state index contributed by atoms with van der Waals surface area (Å²) in [5, 5.41) is 0. The zero-order valence-electron chi connectivity index (χ0n) is 15.5. The first-order valence-electron chi connectivity index (χ1n) is 9.39. The van der Waals surface area contributed by atoms with Gasteiger partial charge >= 0.3 is 0 Å². The lowest BCUT2D eigenvalue weighted by molar-refractivity contribution is 0.180. The summed E-state index contributed by atoms with van der Waals surface area (Å²) in [6.45, 7) is 3.38. The van der Waals surface area contributed by atoms with Crippen LogP contribution in [0.25, 0.3) is 0 Å². The zero-order chi connectivity index (χ0) is 19.6. The van der Waals surface area contributed by atoms with E-state index in [1.807, 2.05) is 6.07 Å². The van der Waals surface area contributed by atoms with E-state index in [9.17, 15) is 12.8 Å². The van der Waals surface area contributed by atoms with Crippen LogP contribution in [-0.2, 0) is 16.6 Å². The van der Waals surface area contributed by atoms with Crippen molar-refractivity contribution < 1.29 is 22.3 Å². The number of rotatable bonds is 4. The molecule has 8 heteroatoms. The number of sulfonamides is 1. The van der Waals surface area contributed by atoms with E-state index in [4.69, 9.17) is 9.47 Å². The van der Waals surface area contributed by atoms with Crippen LogP contribution in [0.1, 0.15) is 12.0 Å². The van der Waals surface area contributed by atoms with E-state index in [-0.39, 0.29) is 10.7 Å². The quantitative estimate of drug-likeness (QED) is 0.781. The Hall–Kier alpha value is -2.16. The molecule has 2 aliphatic rings. The summed E-state index contributed by atoms with van der Waals surface area (Å²) < 4.78 is 52.6. The highest BCUT2D eigenvalue weighted by Crippen LogP contribution is 2.33. The monoisotopic (exact) mass is 406 g/mol. The second-order valence-corrected chi connectivity index (χ2v) is 8.87. The third-order valence-electron chi connectivity index (χ3n) is 5.04. The van der Waals surface area contributed by atoms with E-state index in [2.05, 4.69) is 4.90 Å². The van der Waals surface area contributed by atoms with E-state index < -0.39 is 10.0 Å². The van der Waals surface area contributed by atoms with Crippen LogP contribution in [0, 0.1) is 5.82 Å². The molecule has 0 unspecified atom stereocenters. The minimum Gasteiger partial charge on any atom is -0.490 e. The molecule has 0 N–H and O–H groups in total. The van der Waals surface area contributed by atoms with Gasteiger partial charge in [0.1, 0.15) is 5.82 Å². The Morgan fingerprint density at radius 1 is 0.929 bits per heavy atom. The number of benzene rings is 2. The van der Waals surface area contributed by atoms with Crippen LogP contribution in [0.15, 0.2) is 47.4 Å². The van der Waals surface area contributed by atoms with Gasteiger partial charge in [0, 0.05) is 50.8 Å². The van der Waals surface area contributed by atoms with Gasteiger partial charge in [-0.3, -0.25) is 4.90 Å². The highest BCUT2D eigenvalue weighted by atomic mass is 32.2. The highest BCUT2D eigenvalue weighted by molar-refractivity contribution is 7.89. The number of halogens is 1. The molecule has 0 amide bonds. The second-order valence-electron chi connectivity index (χ2n) is 6.93. The van der Waals surface area contributed by atoms with Gasteiger partial charge in [-0.15, -0.1) is 0 Å². The van der Waals surface area contributed by atoms with Crippen LogP contribution >= 0.6 is 0 Å². The molecule has 2 aromatic carbocycles. The highest BCUT2D eigenvalue weighted by Gasteiger charge is 2.29. The third-order valence-corrected chi connectivity index (χ3v) is 6.93. The van der Waals surface area contributed by atoms with Gasteiger partial charge in [0.2, 0.25) is 10.0 Å². The van der Waals surface area contributed by atoms with Crippen molar-refractivity contribution >= 4 is 10.0 Å². The SMILES string of the molecule is O=S(=O)(c1ccc2c(c1)OCCCO2)N1CCN(Cc2ccccc2F)CC1. The summed E-state index contributed by atoms with van der Waals surface area (Å²) in [4.78, 5) is 2.28. The molecule has 1 fully saturated rings. The first-order valence-corrected chi connectivity index (χ1v) is 10.8. The van der Waals surface area contributed by atoms with Crippen LogP contribution in [-0.4, -0.2) is 57.0 Å². The Kier molecular flexibility index (Phi) is 5.52. The topological polar surface area (TPSA) is 59.1 Å². The number of nitrogens with zero attached hydrogens (tertiary/aromatic N) is 2. The van der Waals surface area contributed by atoms with Crippen molar-refractivity contribution in [1.82, 2.24) is 9.21 Å². The predicted molar refractivity (Wildman–Crippen MR) is 102 cm³/mol. The average Bonchev–Trinajstić information content (AvgIpc) is 2.95. The Bertz CT molecular complexity index is 943. The van der Waals surface area contributed by atoms with Crippen LogP contribution in [0.4, 0.5) is 4.39 Å². The van der Waals surface area contributed by atoms with Crippen LogP contribution < -0.4 is 9.47 Å². The lowest BCUT2D eigenvalue weighted by Crippen LogP contribution is -2.48. The maximum absolute atomic E-state index is 13.8. The lowest BCUT2D eigenvalue weighted by atomic mass is 10.2. The first kappa shape index (κ1) is 19.2. The first-order chi connectivity index (χ1) is 13.5. The molecule has 0 atom stereocenters. The Morgan fingerprint density at radius 2 is 1.64 bits per heavy atom. The minimum absolute atomic E-state index is 0.208. The van der Waals surface area contributed by atoms with Crippen molar-refractivity contribution in [3.05, 3.63) is 53.8 Å². The molecule has 2 aliphatic heterocycles. The molecule has 2 heterocycles. The molecule has 0 radical (unpaired) electrons. The van der Waals surface area contributed by atoms with Gasteiger partial charge < -0.3 is 9.47 Å². The fourth-order valence-electron chi connectivity index (χ4n) is 3.45. The largest absolute Gasteiger partial charge is 0.490 e. The molecule has 28 heavy (non-hydrogen) atoms. The van der Waals surface area contributed by atoms with Crippen LogP contribution in [0.3, 0.4) is 0 Å². The van der Waals surface area contributed by atoms with Crippen molar-refractivity contribution in [2.24, 2.45) is 0 Å². The molecule has 0 saturated carbocycles. The molecule has 1 saturated heterocycles. The van der Waals surface area contributed by atoms with Gasteiger partial charge in [0.15, 0.2) is 11.5 Å². The van der Waals surface area contributed by atoms with Gasteiger partial charge in [-0.2, -0.15) is 4.31 Å². The van der Waals surface area contributed by atoms with Gasteiger partial charge in [-0.05, 0) is 18.2 Å². The normalized spacial score (nSPS) is 18.6. The molecule has 4 rings (SSSR count). The van der Waals surface area contributed by atoms with Crippen molar-refractivity contribution in [1.29, 1.82) is 0 Å². The number of ether oxygens (including phenoxy) is 2. The minimum atomic E-state index is -3.61. The number of hydrogen-bond acceptors (Lipinski definition) is 5. The summed E-state index contributed by atoms with van der Waals surface area (Å²) in [5.41, 5.74) is 0.627. The fourth-order valence-corrected chi connectivity index (χ4v) is 4.89. The number of fused-ring (bicyclic) bond motifs is 1. The Morgan fingerprint density at radius 3 is 2.39 bits per heavy atom. The average molecular weight is 406 g/mol. The summed E-state index contributed by atoms with van der Waals surface area (Å²) in [6, 6.07) is 11.4. The number of hydrogen-bond donors (Lipinski definition) is 0. The van der Waals surface area contributed by atoms with Gasteiger partial charge in [-0.1, -0.05) is 18.2 Å². The molecular formula is C20H23FN2O4S. The molecule has 0 bridgehead atoms. The summed E-state index contributed by atoms with van der Waals surface area (Å²) in [6.07, 6.45) is 0.765.